The molecule has 0 aromatic heterocycles. The van der Waals surface area contributed by atoms with Crippen LogP contribution in [-0.4, -0.2) is 26.7 Å². The maximum atomic E-state index is 11.8. The Labute approximate surface area is 109 Å². The molecule has 0 aliphatic rings. The summed E-state index contributed by atoms with van der Waals surface area (Å²) in [5, 5.41) is 0. The van der Waals surface area contributed by atoms with E-state index in [1.807, 2.05) is 37.8 Å². The summed E-state index contributed by atoms with van der Waals surface area (Å²) in [6.45, 7) is 7.21. The van der Waals surface area contributed by atoms with Gasteiger partial charge in [-0.25, -0.2) is 0 Å². The van der Waals surface area contributed by atoms with Crippen molar-refractivity contribution in [3.05, 3.63) is 30.3 Å². The van der Waals surface area contributed by atoms with Crippen LogP contribution in [0.15, 0.2) is 30.3 Å². The smallest absolute Gasteiger partial charge is 0.312 e. The second kappa shape index (κ2) is 5.82. The van der Waals surface area contributed by atoms with Gasteiger partial charge in [-0.3, -0.25) is 9.59 Å². The Morgan fingerprint density at radius 3 is 2.17 bits per heavy atom. The molecule has 1 rings (SSSR count). The summed E-state index contributed by atoms with van der Waals surface area (Å²) in [4.78, 5) is 24.8. The molecule has 0 fully saturated rings. The summed E-state index contributed by atoms with van der Waals surface area (Å²) >= 11 is 0. The molecule has 0 aliphatic heterocycles. The van der Waals surface area contributed by atoms with Crippen molar-refractivity contribution in [3.8, 4) is 0 Å². The van der Waals surface area contributed by atoms with Crippen LogP contribution >= 0.6 is 0 Å². The highest BCUT2D eigenvalue weighted by molar-refractivity contribution is 6.71. The van der Waals surface area contributed by atoms with E-state index in [1.54, 1.807) is 12.1 Å². The second-order valence-corrected chi connectivity index (χ2v) is 9.46. The Kier molecular flexibility index (Phi) is 4.67. The zero-order valence-corrected chi connectivity index (χ0v) is 12.3. The fourth-order valence-electron chi connectivity index (χ4n) is 1.50. The first kappa shape index (κ1) is 14.4. The average Bonchev–Trinajstić information content (AvgIpc) is 2.24. The number of amides is 1. The maximum Gasteiger partial charge on any atom is 0.312 e. The number of carbonyl (C=O) groups is 2. The Balaban J connectivity index is 2.77. The average molecular weight is 265 g/mol. The van der Waals surface area contributed by atoms with Crippen LogP contribution in [0.3, 0.4) is 0 Å². The third kappa shape index (κ3) is 4.71. The summed E-state index contributed by atoms with van der Waals surface area (Å²) in [7, 11) is -1.91. The minimum atomic E-state index is -1.91. The number of hydrogen-bond donors (Lipinski definition) is 0. The minimum Gasteiger partial charge on any atom is -0.519 e. The van der Waals surface area contributed by atoms with Crippen molar-refractivity contribution in [2.45, 2.75) is 26.6 Å². The van der Waals surface area contributed by atoms with Crippen LogP contribution in [0.2, 0.25) is 19.6 Å². The molecule has 0 aliphatic carbocycles. The van der Waals surface area contributed by atoms with E-state index in [2.05, 4.69) is 0 Å². The van der Waals surface area contributed by atoms with Crippen molar-refractivity contribution in [1.82, 2.24) is 0 Å². The van der Waals surface area contributed by atoms with Crippen LogP contribution in [-0.2, 0) is 14.0 Å². The topological polar surface area (TPSA) is 46.6 Å². The van der Waals surface area contributed by atoms with Gasteiger partial charge in [0.15, 0.2) is 0 Å². The highest BCUT2D eigenvalue weighted by atomic mass is 28.4. The zero-order valence-electron chi connectivity index (χ0n) is 11.3. The number of rotatable bonds is 4. The lowest BCUT2D eigenvalue weighted by Crippen LogP contribution is -2.39. The molecule has 0 bridgehead atoms. The van der Waals surface area contributed by atoms with E-state index in [1.165, 1.54) is 11.8 Å². The Hall–Kier alpha value is -1.62. The normalized spacial score (nSPS) is 10.9. The Morgan fingerprint density at radius 2 is 1.72 bits per heavy atom. The molecule has 0 spiro atoms. The lowest BCUT2D eigenvalue weighted by atomic mass is 10.3. The van der Waals surface area contributed by atoms with Crippen molar-refractivity contribution in [1.29, 1.82) is 0 Å². The first-order valence-electron chi connectivity index (χ1n) is 5.84. The van der Waals surface area contributed by atoms with Crippen LogP contribution in [0.4, 0.5) is 5.69 Å². The molecule has 0 saturated heterocycles. The van der Waals surface area contributed by atoms with E-state index in [0.717, 1.165) is 0 Å². The molecule has 1 aromatic carbocycles. The fourth-order valence-corrected chi connectivity index (χ4v) is 2.24. The molecule has 1 aromatic rings. The van der Waals surface area contributed by atoms with E-state index in [-0.39, 0.29) is 18.4 Å². The first-order valence-corrected chi connectivity index (χ1v) is 9.25. The van der Waals surface area contributed by atoms with Crippen LogP contribution in [0, 0.1) is 0 Å². The van der Waals surface area contributed by atoms with Crippen molar-refractivity contribution in [2.75, 3.05) is 11.4 Å². The van der Waals surface area contributed by atoms with Gasteiger partial charge >= 0.3 is 5.97 Å². The number of para-hydroxylation sites is 1. The summed E-state index contributed by atoms with van der Waals surface area (Å²) < 4.78 is 5.35. The van der Waals surface area contributed by atoms with Gasteiger partial charge in [0.05, 0.1) is 0 Å². The molecule has 1 amide bonds. The van der Waals surface area contributed by atoms with Crippen molar-refractivity contribution < 1.29 is 14.0 Å². The molecule has 0 unspecified atom stereocenters. The molecule has 0 heterocycles. The predicted molar refractivity (Wildman–Crippen MR) is 73.9 cm³/mol. The molecule has 18 heavy (non-hydrogen) atoms. The van der Waals surface area contributed by atoms with E-state index < -0.39 is 8.32 Å². The van der Waals surface area contributed by atoms with E-state index in [0.29, 0.717) is 5.69 Å². The van der Waals surface area contributed by atoms with E-state index >= 15 is 0 Å². The molecule has 98 valence electrons. The Bertz CT molecular complexity index is 426. The third-order valence-corrected chi connectivity index (χ3v) is 3.00. The molecule has 0 atom stereocenters. The SMILES string of the molecule is CC(=O)N(CC(=O)O[Si](C)(C)C)c1ccccc1. The fraction of sp³-hybridized carbons (Fsp3) is 0.385. The number of benzene rings is 1. The summed E-state index contributed by atoms with van der Waals surface area (Å²) in [5.74, 6) is -0.526. The maximum absolute atomic E-state index is 11.8. The first-order chi connectivity index (χ1) is 8.29. The monoisotopic (exact) mass is 265 g/mol. The summed E-state index contributed by atoms with van der Waals surface area (Å²) in [6.07, 6.45) is 0. The molecule has 4 nitrogen and oxygen atoms in total. The number of nitrogens with zero attached hydrogens (tertiary/aromatic N) is 1. The van der Waals surface area contributed by atoms with Crippen molar-refractivity contribution in [2.24, 2.45) is 0 Å². The third-order valence-electron chi connectivity index (χ3n) is 2.16. The predicted octanol–water partition coefficient (Wildman–Crippen LogP) is 2.42. The van der Waals surface area contributed by atoms with E-state index in [4.69, 9.17) is 4.43 Å². The van der Waals surface area contributed by atoms with Gasteiger partial charge in [-0.05, 0) is 31.8 Å². The van der Waals surface area contributed by atoms with E-state index in [9.17, 15) is 9.59 Å². The minimum absolute atomic E-state index is 0.0381. The molecule has 0 radical (unpaired) electrons. The zero-order chi connectivity index (χ0) is 13.8. The van der Waals surface area contributed by atoms with Gasteiger partial charge in [0.2, 0.25) is 14.2 Å². The Morgan fingerprint density at radius 1 is 1.17 bits per heavy atom. The van der Waals surface area contributed by atoms with Crippen LogP contribution in [0.25, 0.3) is 0 Å². The number of hydrogen-bond acceptors (Lipinski definition) is 3. The highest BCUT2D eigenvalue weighted by Gasteiger charge is 2.23. The van der Waals surface area contributed by atoms with Crippen LogP contribution in [0.1, 0.15) is 6.92 Å². The molecule has 0 N–H and O–H groups in total. The molecular weight excluding hydrogens is 246 g/mol. The lowest BCUT2D eigenvalue weighted by Gasteiger charge is -2.23. The molecule has 5 heteroatoms. The van der Waals surface area contributed by atoms with Crippen molar-refractivity contribution >= 4 is 25.9 Å². The van der Waals surface area contributed by atoms with Gasteiger partial charge in [0, 0.05) is 12.6 Å². The van der Waals surface area contributed by atoms with Gasteiger partial charge in [0.1, 0.15) is 6.54 Å². The highest BCUT2D eigenvalue weighted by Crippen LogP contribution is 2.14. The van der Waals surface area contributed by atoms with Gasteiger partial charge in [-0.2, -0.15) is 0 Å². The standard InChI is InChI=1S/C13H19NO3Si/c1-11(15)14(12-8-6-5-7-9-12)10-13(16)17-18(2,3)4/h5-9H,10H2,1-4H3. The quantitative estimate of drug-likeness (QED) is 0.785. The summed E-state index contributed by atoms with van der Waals surface area (Å²) in [6, 6.07) is 9.11. The number of carbonyl (C=O) groups excluding carboxylic acids is 2. The molecule has 0 saturated carbocycles. The van der Waals surface area contributed by atoms with Crippen LogP contribution in [0.5, 0.6) is 0 Å². The van der Waals surface area contributed by atoms with Gasteiger partial charge in [-0.15, -0.1) is 0 Å². The van der Waals surface area contributed by atoms with Gasteiger partial charge < -0.3 is 9.33 Å². The number of anilines is 1. The molecular formula is C13H19NO3Si. The lowest BCUT2D eigenvalue weighted by molar-refractivity contribution is -0.134. The largest absolute Gasteiger partial charge is 0.519 e. The van der Waals surface area contributed by atoms with Gasteiger partial charge in [0.25, 0.3) is 0 Å². The van der Waals surface area contributed by atoms with Gasteiger partial charge in [-0.1, -0.05) is 18.2 Å². The van der Waals surface area contributed by atoms with Crippen molar-refractivity contribution in [3.63, 3.8) is 0 Å². The van der Waals surface area contributed by atoms with Crippen LogP contribution < -0.4 is 4.90 Å². The summed E-state index contributed by atoms with van der Waals surface area (Å²) in [5.41, 5.74) is 0.706. The second-order valence-electron chi connectivity index (χ2n) is 5.03.